The van der Waals surface area contributed by atoms with Crippen molar-refractivity contribution >= 4 is 17.6 Å². The maximum Gasteiger partial charge on any atom is 0.291 e. The lowest BCUT2D eigenvalue weighted by molar-refractivity contribution is -0.130. The summed E-state index contributed by atoms with van der Waals surface area (Å²) in [5.41, 5.74) is 1.72. The molecule has 0 aliphatic carbocycles. The molecule has 0 atom stereocenters. The van der Waals surface area contributed by atoms with Crippen molar-refractivity contribution in [1.82, 2.24) is 29.8 Å². The summed E-state index contributed by atoms with van der Waals surface area (Å²) in [5.74, 6) is 0.456. The molecule has 0 bridgehead atoms. The molecule has 1 aliphatic heterocycles. The molecule has 1 N–H and O–H groups in total. The highest BCUT2D eigenvalue weighted by Gasteiger charge is 2.17. The van der Waals surface area contributed by atoms with Crippen LogP contribution < -0.4 is 5.32 Å². The minimum atomic E-state index is -0.315. The molecular weight excluding hydrogens is 320 g/mol. The second-order valence-corrected chi connectivity index (χ2v) is 6.49. The van der Waals surface area contributed by atoms with Gasteiger partial charge in [-0.15, -0.1) is 5.10 Å². The number of aryl methyl sites for hydroxylation is 2. The van der Waals surface area contributed by atoms with Gasteiger partial charge in [-0.05, 0) is 39.2 Å². The van der Waals surface area contributed by atoms with Gasteiger partial charge in [0, 0.05) is 37.4 Å². The van der Waals surface area contributed by atoms with E-state index in [1.807, 2.05) is 24.8 Å². The van der Waals surface area contributed by atoms with Gasteiger partial charge in [0.15, 0.2) is 0 Å². The number of likely N-dealkylation sites (tertiary alicyclic amines) is 1. The molecule has 0 spiro atoms. The number of hydrogen-bond donors (Lipinski definition) is 1. The first-order valence-electron chi connectivity index (χ1n) is 8.81. The number of fused-ring (bicyclic) bond motifs is 1. The molecule has 8 heteroatoms. The minimum absolute atomic E-state index is 0.118. The Labute approximate surface area is 146 Å². The fourth-order valence-electron chi connectivity index (χ4n) is 3.09. The van der Waals surface area contributed by atoms with E-state index in [2.05, 4.69) is 20.4 Å². The second-order valence-electron chi connectivity index (χ2n) is 6.49. The molecule has 1 saturated heterocycles. The van der Waals surface area contributed by atoms with Gasteiger partial charge in [-0.25, -0.2) is 9.50 Å². The first-order valence-corrected chi connectivity index (χ1v) is 8.81. The molecular formula is C17H24N6O2. The Hall–Kier alpha value is -2.51. The van der Waals surface area contributed by atoms with Crippen molar-refractivity contribution in [3.63, 3.8) is 0 Å². The zero-order valence-electron chi connectivity index (χ0n) is 14.8. The third kappa shape index (κ3) is 4.12. The molecule has 2 aromatic heterocycles. The monoisotopic (exact) mass is 344 g/mol. The molecule has 3 heterocycles. The molecule has 1 fully saturated rings. The van der Waals surface area contributed by atoms with Gasteiger partial charge in [0.25, 0.3) is 11.7 Å². The molecule has 2 aromatic rings. The van der Waals surface area contributed by atoms with Crippen LogP contribution >= 0.6 is 0 Å². The Balaban J connectivity index is 1.52. The third-order valence-corrected chi connectivity index (χ3v) is 4.38. The van der Waals surface area contributed by atoms with E-state index < -0.39 is 0 Å². The van der Waals surface area contributed by atoms with Crippen LogP contribution in [0.3, 0.4) is 0 Å². The van der Waals surface area contributed by atoms with E-state index in [0.717, 1.165) is 43.6 Å². The van der Waals surface area contributed by atoms with Crippen molar-refractivity contribution in [2.45, 2.75) is 46.0 Å². The Morgan fingerprint density at radius 2 is 2.08 bits per heavy atom. The summed E-state index contributed by atoms with van der Waals surface area (Å²) in [4.78, 5) is 34.5. The van der Waals surface area contributed by atoms with Crippen LogP contribution in [0.1, 0.15) is 54.1 Å². The summed E-state index contributed by atoms with van der Waals surface area (Å²) >= 11 is 0. The second kappa shape index (κ2) is 7.58. The van der Waals surface area contributed by atoms with Crippen molar-refractivity contribution in [3.05, 3.63) is 23.3 Å². The van der Waals surface area contributed by atoms with Crippen LogP contribution in [0.5, 0.6) is 0 Å². The molecule has 0 radical (unpaired) electrons. The average Bonchev–Trinajstić information content (AvgIpc) is 2.89. The fourth-order valence-corrected chi connectivity index (χ4v) is 3.09. The number of aromatic nitrogens is 4. The zero-order valence-corrected chi connectivity index (χ0v) is 14.8. The van der Waals surface area contributed by atoms with E-state index in [0.29, 0.717) is 25.3 Å². The predicted molar refractivity (Wildman–Crippen MR) is 92.3 cm³/mol. The first-order chi connectivity index (χ1) is 12.0. The lowest BCUT2D eigenvalue weighted by Gasteiger charge is -2.20. The van der Waals surface area contributed by atoms with Crippen molar-refractivity contribution in [3.8, 4) is 0 Å². The highest BCUT2D eigenvalue weighted by atomic mass is 16.2. The quantitative estimate of drug-likeness (QED) is 0.825. The molecule has 134 valence electrons. The first kappa shape index (κ1) is 17.3. The lowest BCUT2D eigenvalue weighted by Crippen LogP contribution is -2.34. The van der Waals surface area contributed by atoms with Crippen LogP contribution in [0.4, 0.5) is 0 Å². The van der Waals surface area contributed by atoms with Gasteiger partial charge in [-0.3, -0.25) is 9.59 Å². The van der Waals surface area contributed by atoms with Gasteiger partial charge in [0.05, 0.1) is 0 Å². The van der Waals surface area contributed by atoms with E-state index in [9.17, 15) is 9.59 Å². The smallest absolute Gasteiger partial charge is 0.291 e. The van der Waals surface area contributed by atoms with Gasteiger partial charge in [-0.1, -0.05) is 6.42 Å². The normalized spacial score (nSPS) is 15.4. The number of amides is 2. The van der Waals surface area contributed by atoms with Gasteiger partial charge >= 0.3 is 0 Å². The summed E-state index contributed by atoms with van der Waals surface area (Å²) < 4.78 is 1.57. The number of rotatable bonds is 5. The topological polar surface area (TPSA) is 92.5 Å². The van der Waals surface area contributed by atoms with Gasteiger partial charge < -0.3 is 10.2 Å². The molecule has 1 aliphatic rings. The van der Waals surface area contributed by atoms with Crippen molar-refractivity contribution in [2.75, 3.05) is 19.6 Å². The summed E-state index contributed by atoms with van der Waals surface area (Å²) in [5, 5.41) is 7.03. The molecule has 2 amide bonds. The minimum Gasteiger partial charge on any atom is -0.349 e. The Morgan fingerprint density at radius 3 is 2.92 bits per heavy atom. The Bertz CT molecular complexity index is 785. The number of nitrogens with one attached hydrogen (secondary N) is 1. The summed E-state index contributed by atoms with van der Waals surface area (Å²) in [6.07, 6.45) is 4.53. The number of carbonyl (C=O) groups excluding carboxylic acids is 2. The average molecular weight is 344 g/mol. The Morgan fingerprint density at radius 1 is 1.24 bits per heavy atom. The van der Waals surface area contributed by atoms with Crippen LogP contribution in [0.15, 0.2) is 6.07 Å². The largest absolute Gasteiger partial charge is 0.349 e. The van der Waals surface area contributed by atoms with E-state index in [-0.39, 0.29) is 17.6 Å². The van der Waals surface area contributed by atoms with Crippen molar-refractivity contribution in [1.29, 1.82) is 0 Å². The molecule has 8 nitrogen and oxygen atoms in total. The van der Waals surface area contributed by atoms with Crippen LogP contribution in [0, 0.1) is 13.8 Å². The highest BCUT2D eigenvalue weighted by Crippen LogP contribution is 2.11. The Kier molecular flexibility index (Phi) is 5.25. The summed E-state index contributed by atoms with van der Waals surface area (Å²) in [7, 11) is 0. The highest BCUT2D eigenvalue weighted by molar-refractivity contribution is 5.90. The van der Waals surface area contributed by atoms with E-state index >= 15 is 0 Å². The molecule has 25 heavy (non-hydrogen) atoms. The van der Waals surface area contributed by atoms with Gasteiger partial charge in [0.1, 0.15) is 0 Å². The summed E-state index contributed by atoms with van der Waals surface area (Å²) in [6, 6.07) is 1.89. The van der Waals surface area contributed by atoms with Gasteiger partial charge in [0.2, 0.25) is 11.7 Å². The number of hydrogen-bond acceptors (Lipinski definition) is 5. The van der Waals surface area contributed by atoms with Crippen LogP contribution in [-0.4, -0.2) is 55.9 Å². The number of carbonyl (C=O) groups is 2. The summed E-state index contributed by atoms with van der Waals surface area (Å²) in [6.45, 7) is 5.77. The van der Waals surface area contributed by atoms with E-state index in [1.165, 1.54) is 0 Å². The zero-order chi connectivity index (χ0) is 17.8. The molecule has 3 rings (SSSR count). The molecule has 0 unspecified atom stereocenters. The van der Waals surface area contributed by atoms with Crippen molar-refractivity contribution in [2.24, 2.45) is 0 Å². The number of nitrogens with zero attached hydrogens (tertiary/aromatic N) is 5. The SMILES string of the molecule is Cc1cc(C)n2nc(C(=O)NCCCN3CCCCCC3=O)nc2n1. The maximum absolute atomic E-state index is 12.2. The standard InChI is InChI=1S/C17H24N6O2/c1-12-11-13(2)23-17(19-12)20-15(21-23)16(25)18-8-6-10-22-9-5-3-4-7-14(22)24/h11H,3-10H2,1-2H3,(H,18,25). The van der Waals surface area contributed by atoms with E-state index in [1.54, 1.807) is 4.52 Å². The van der Waals surface area contributed by atoms with Gasteiger partial charge in [-0.2, -0.15) is 4.98 Å². The predicted octanol–water partition coefficient (Wildman–Crippen LogP) is 1.26. The maximum atomic E-state index is 12.2. The van der Waals surface area contributed by atoms with Crippen molar-refractivity contribution < 1.29 is 9.59 Å². The fraction of sp³-hybridized carbons (Fsp3) is 0.588. The molecule has 0 aromatic carbocycles. The lowest BCUT2D eigenvalue weighted by atomic mass is 10.2. The van der Waals surface area contributed by atoms with E-state index in [4.69, 9.17) is 0 Å². The molecule has 0 saturated carbocycles. The van der Waals surface area contributed by atoms with Crippen LogP contribution in [0.2, 0.25) is 0 Å². The third-order valence-electron chi connectivity index (χ3n) is 4.38. The van der Waals surface area contributed by atoms with Crippen LogP contribution in [0.25, 0.3) is 5.78 Å². The van der Waals surface area contributed by atoms with Crippen LogP contribution in [-0.2, 0) is 4.79 Å².